The lowest BCUT2D eigenvalue weighted by atomic mass is 10.1. The van der Waals surface area contributed by atoms with Crippen molar-refractivity contribution < 1.29 is 4.79 Å². The zero-order valence-electron chi connectivity index (χ0n) is 10.5. The number of rotatable bonds is 2. The highest BCUT2D eigenvalue weighted by Crippen LogP contribution is 2.29. The molecule has 1 aromatic rings. The number of hydrogen-bond donors (Lipinski definition) is 0. The van der Waals surface area contributed by atoms with Crippen LogP contribution in [0.1, 0.15) is 5.56 Å². The van der Waals surface area contributed by atoms with Crippen LogP contribution in [0.4, 0.5) is 5.69 Å². The highest BCUT2D eigenvalue weighted by atomic mass is 32.2. The molecule has 1 aliphatic heterocycles. The number of thioether (sulfide) groups is 2. The molecule has 0 unspecified atom stereocenters. The molecule has 0 saturated carbocycles. The molecule has 0 N–H and O–H groups in total. The first-order valence-corrected chi connectivity index (χ1v) is 7.48. The summed E-state index contributed by atoms with van der Waals surface area (Å²) in [7, 11) is 4.00. The van der Waals surface area contributed by atoms with Crippen LogP contribution in [0.2, 0.25) is 0 Å². The Morgan fingerprint density at radius 3 is 2.44 bits per heavy atom. The third kappa shape index (κ3) is 2.97. The molecule has 1 aliphatic rings. The molecule has 1 heterocycles. The summed E-state index contributed by atoms with van der Waals surface area (Å²) in [5.41, 5.74) is 2.66. The summed E-state index contributed by atoms with van der Waals surface area (Å²) < 4.78 is 0.816. The second kappa shape index (κ2) is 5.63. The molecule has 0 bridgehead atoms. The Hall–Kier alpha value is -1.20. The largest absolute Gasteiger partial charge is 0.378 e. The first-order chi connectivity index (χ1) is 8.60. The van der Waals surface area contributed by atoms with E-state index in [9.17, 15) is 4.79 Å². The third-order valence-electron chi connectivity index (χ3n) is 2.49. The molecule has 0 atom stereocenters. The monoisotopic (exact) mass is 278 g/mol. The lowest BCUT2D eigenvalue weighted by Gasteiger charge is -2.11. The molecule has 3 nitrogen and oxygen atoms in total. The van der Waals surface area contributed by atoms with E-state index >= 15 is 0 Å². The van der Waals surface area contributed by atoms with Crippen molar-refractivity contribution in [3.05, 3.63) is 35.5 Å². The summed E-state index contributed by atoms with van der Waals surface area (Å²) in [5.74, 6) is 0. The molecule has 5 heteroatoms. The average molecular weight is 278 g/mol. The normalized spacial score (nSPS) is 17.2. The quantitative estimate of drug-likeness (QED) is 0.778. The summed E-state index contributed by atoms with van der Waals surface area (Å²) in [4.78, 5) is 18.0. The third-order valence-corrected chi connectivity index (χ3v) is 4.34. The van der Waals surface area contributed by atoms with Crippen LogP contribution in [0.5, 0.6) is 0 Å². The standard InChI is InChI=1S/C13H14N2OS2/c1-15(2)10-6-4-9(5-7-10)8-11-12(16)18-13(14-11)17-3/h4-8H,1-3H3/b11-8+. The van der Waals surface area contributed by atoms with Crippen molar-refractivity contribution in [2.75, 3.05) is 25.3 Å². The zero-order chi connectivity index (χ0) is 13.1. The fourth-order valence-electron chi connectivity index (χ4n) is 1.50. The molecule has 0 saturated heterocycles. The van der Waals surface area contributed by atoms with Crippen LogP contribution in [0.25, 0.3) is 6.08 Å². The van der Waals surface area contributed by atoms with Gasteiger partial charge < -0.3 is 4.90 Å². The lowest BCUT2D eigenvalue weighted by Crippen LogP contribution is -2.07. The Bertz CT molecular complexity index is 518. The topological polar surface area (TPSA) is 32.7 Å². The predicted molar refractivity (Wildman–Crippen MR) is 82.3 cm³/mol. The number of hydrogen-bond acceptors (Lipinski definition) is 5. The van der Waals surface area contributed by atoms with Crippen LogP contribution in [0, 0.1) is 0 Å². The van der Waals surface area contributed by atoms with Gasteiger partial charge in [0.25, 0.3) is 0 Å². The number of carbonyl (C=O) groups excluding carboxylic acids is 1. The Morgan fingerprint density at radius 2 is 1.94 bits per heavy atom. The van der Waals surface area contributed by atoms with E-state index in [2.05, 4.69) is 4.99 Å². The first-order valence-electron chi connectivity index (χ1n) is 5.44. The van der Waals surface area contributed by atoms with E-state index in [4.69, 9.17) is 0 Å². The van der Waals surface area contributed by atoms with Gasteiger partial charge >= 0.3 is 0 Å². The second-order valence-corrected chi connectivity index (χ2v) is 6.00. The second-order valence-electron chi connectivity index (χ2n) is 3.99. The van der Waals surface area contributed by atoms with Crippen LogP contribution >= 0.6 is 23.5 Å². The number of carbonyl (C=O) groups is 1. The highest BCUT2D eigenvalue weighted by Gasteiger charge is 2.21. The molecule has 0 aromatic heterocycles. The van der Waals surface area contributed by atoms with Gasteiger partial charge in [0.2, 0.25) is 5.12 Å². The minimum absolute atomic E-state index is 0.0241. The minimum atomic E-state index is 0.0241. The summed E-state index contributed by atoms with van der Waals surface area (Å²) >= 11 is 2.70. The molecule has 1 aromatic carbocycles. The summed E-state index contributed by atoms with van der Waals surface area (Å²) in [6, 6.07) is 8.04. The van der Waals surface area contributed by atoms with Gasteiger partial charge in [0.15, 0.2) is 0 Å². The predicted octanol–water partition coefficient (Wildman–Crippen LogP) is 3.09. The van der Waals surface area contributed by atoms with Gasteiger partial charge in [0.05, 0.1) is 0 Å². The summed E-state index contributed by atoms with van der Waals surface area (Å²) in [5, 5.41) is 0.0241. The number of benzene rings is 1. The van der Waals surface area contributed by atoms with Crippen molar-refractivity contribution in [1.29, 1.82) is 0 Å². The molecule has 0 radical (unpaired) electrons. The molecule has 0 amide bonds. The van der Waals surface area contributed by atoms with Gasteiger partial charge in [-0.3, -0.25) is 4.79 Å². The lowest BCUT2D eigenvalue weighted by molar-refractivity contribution is -0.107. The zero-order valence-corrected chi connectivity index (χ0v) is 12.1. The Morgan fingerprint density at radius 1 is 1.28 bits per heavy atom. The Balaban J connectivity index is 2.23. The molecular formula is C13H14N2OS2. The fourth-order valence-corrected chi connectivity index (χ4v) is 2.77. The van der Waals surface area contributed by atoms with Gasteiger partial charge in [-0.05, 0) is 41.8 Å². The first kappa shape index (κ1) is 13.2. The Labute approximate surface area is 115 Å². The van der Waals surface area contributed by atoms with Gasteiger partial charge in [-0.1, -0.05) is 12.1 Å². The molecule has 0 fully saturated rings. The van der Waals surface area contributed by atoms with E-state index in [1.807, 2.05) is 55.6 Å². The number of nitrogens with zero attached hydrogens (tertiary/aromatic N) is 2. The average Bonchev–Trinajstić information content (AvgIpc) is 2.71. The van der Waals surface area contributed by atoms with Gasteiger partial charge in [0, 0.05) is 19.8 Å². The maximum Gasteiger partial charge on any atom is 0.244 e. The van der Waals surface area contributed by atoms with Crippen LogP contribution < -0.4 is 4.90 Å². The van der Waals surface area contributed by atoms with Gasteiger partial charge in [-0.15, -0.1) is 11.8 Å². The van der Waals surface area contributed by atoms with Gasteiger partial charge in [-0.25, -0.2) is 4.99 Å². The maximum atomic E-state index is 11.7. The highest BCUT2D eigenvalue weighted by molar-refractivity contribution is 8.45. The van der Waals surface area contributed by atoms with Crippen molar-refractivity contribution in [3.8, 4) is 0 Å². The number of anilines is 1. The maximum absolute atomic E-state index is 11.7. The van der Waals surface area contributed by atoms with E-state index in [0.717, 1.165) is 15.6 Å². The van der Waals surface area contributed by atoms with E-state index in [0.29, 0.717) is 5.70 Å². The molecule has 0 spiro atoms. The van der Waals surface area contributed by atoms with Gasteiger partial charge in [0.1, 0.15) is 10.1 Å². The summed E-state index contributed by atoms with van der Waals surface area (Å²) in [6.45, 7) is 0. The molecule has 2 rings (SSSR count). The van der Waals surface area contributed by atoms with Crippen LogP contribution in [0.3, 0.4) is 0 Å². The molecule has 94 valence electrons. The van der Waals surface area contributed by atoms with Crippen LogP contribution in [0.15, 0.2) is 35.0 Å². The van der Waals surface area contributed by atoms with Crippen molar-refractivity contribution in [1.82, 2.24) is 0 Å². The smallest absolute Gasteiger partial charge is 0.244 e. The summed E-state index contributed by atoms with van der Waals surface area (Å²) in [6.07, 6.45) is 3.76. The minimum Gasteiger partial charge on any atom is -0.378 e. The van der Waals surface area contributed by atoms with E-state index in [1.165, 1.54) is 23.5 Å². The molecular weight excluding hydrogens is 264 g/mol. The fraction of sp³-hybridized carbons (Fsp3) is 0.231. The van der Waals surface area contributed by atoms with Crippen molar-refractivity contribution in [2.45, 2.75) is 0 Å². The van der Waals surface area contributed by atoms with Crippen LogP contribution in [-0.2, 0) is 4.79 Å². The molecule has 0 aliphatic carbocycles. The Kier molecular flexibility index (Phi) is 4.14. The van der Waals surface area contributed by atoms with E-state index in [1.54, 1.807) is 0 Å². The van der Waals surface area contributed by atoms with Crippen molar-refractivity contribution in [3.63, 3.8) is 0 Å². The van der Waals surface area contributed by atoms with Crippen molar-refractivity contribution >= 4 is 44.8 Å². The van der Waals surface area contributed by atoms with E-state index in [-0.39, 0.29) is 5.12 Å². The SMILES string of the molecule is CSC1=N/C(=C/c2ccc(N(C)C)cc2)C(=O)S1. The van der Waals surface area contributed by atoms with E-state index < -0.39 is 0 Å². The van der Waals surface area contributed by atoms with Gasteiger partial charge in [-0.2, -0.15) is 0 Å². The van der Waals surface area contributed by atoms with Crippen molar-refractivity contribution in [2.24, 2.45) is 4.99 Å². The van der Waals surface area contributed by atoms with Crippen LogP contribution in [-0.4, -0.2) is 29.8 Å². The molecule has 18 heavy (non-hydrogen) atoms. The number of aliphatic imine (C=N–C) groups is 1.